The number of H-pyrrole nitrogens is 1. The van der Waals surface area contributed by atoms with Crippen LogP contribution in [0.2, 0.25) is 0 Å². The standard InChI is InChI=1S/C11H15BrN2O2/c1-11(2,7-12)14(3)10(16)8-4-5-9(15)13-6-8/h4-6H,7H2,1-3H3,(H,13,15). The fraction of sp³-hybridized carbons (Fsp3) is 0.455. The van der Waals surface area contributed by atoms with Crippen molar-refractivity contribution in [1.82, 2.24) is 9.88 Å². The van der Waals surface area contributed by atoms with Gasteiger partial charge in [0.1, 0.15) is 0 Å². The molecule has 1 amide bonds. The lowest BCUT2D eigenvalue weighted by Gasteiger charge is -2.34. The first-order chi connectivity index (χ1) is 7.38. The van der Waals surface area contributed by atoms with E-state index >= 15 is 0 Å². The van der Waals surface area contributed by atoms with Crippen LogP contribution >= 0.6 is 15.9 Å². The van der Waals surface area contributed by atoms with Crippen molar-refractivity contribution in [2.24, 2.45) is 0 Å². The molecule has 0 radical (unpaired) electrons. The monoisotopic (exact) mass is 286 g/mol. The molecule has 1 aromatic rings. The lowest BCUT2D eigenvalue weighted by Crippen LogP contribution is -2.46. The third-order valence-electron chi connectivity index (χ3n) is 2.57. The lowest BCUT2D eigenvalue weighted by molar-refractivity contribution is 0.0663. The maximum Gasteiger partial charge on any atom is 0.255 e. The van der Waals surface area contributed by atoms with Crippen molar-refractivity contribution in [2.45, 2.75) is 19.4 Å². The van der Waals surface area contributed by atoms with E-state index in [4.69, 9.17) is 0 Å². The van der Waals surface area contributed by atoms with Crippen LogP contribution in [-0.4, -0.2) is 33.7 Å². The van der Waals surface area contributed by atoms with Crippen LogP contribution in [0.5, 0.6) is 0 Å². The number of aromatic amines is 1. The first kappa shape index (κ1) is 13.0. The van der Waals surface area contributed by atoms with E-state index in [0.29, 0.717) is 10.9 Å². The van der Waals surface area contributed by atoms with E-state index in [1.165, 1.54) is 18.3 Å². The minimum atomic E-state index is -0.271. The van der Waals surface area contributed by atoms with Crippen molar-refractivity contribution in [3.63, 3.8) is 0 Å². The van der Waals surface area contributed by atoms with Crippen LogP contribution in [0.15, 0.2) is 23.1 Å². The predicted octanol–water partition coefficient (Wildman–Crippen LogP) is 1.62. The van der Waals surface area contributed by atoms with Gasteiger partial charge in [0.2, 0.25) is 5.56 Å². The van der Waals surface area contributed by atoms with Crippen molar-refractivity contribution in [3.8, 4) is 0 Å². The van der Waals surface area contributed by atoms with Gasteiger partial charge in [0.15, 0.2) is 0 Å². The molecule has 1 aromatic heterocycles. The summed E-state index contributed by atoms with van der Waals surface area (Å²) in [6.07, 6.45) is 1.44. The predicted molar refractivity (Wildman–Crippen MR) is 67.0 cm³/mol. The van der Waals surface area contributed by atoms with E-state index in [-0.39, 0.29) is 17.0 Å². The molecule has 0 unspecified atom stereocenters. The molecule has 0 saturated heterocycles. The number of carbonyl (C=O) groups is 1. The van der Waals surface area contributed by atoms with E-state index in [0.717, 1.165) is 0 Å². The van der Waals surface area contributed by atoms with Gasteiger partial charge < -0.3 is 9.88 Å². The van der Waals surface area contributed by atoms with Crippen LogP contribution in [0.25, 0.3) is 0 Å². The zero-order chi connectivity index (χ0) is 12.3. The minimum Gasteiger partial charge on any atom is -0.336 e. The Morgan fingerprint density at radius 3 is 2.56 bits per heavy atom. The second-order valence-corrected chi connectivity index (χ2v) is 4.81. The summed E-state index contributed by atoms with van der Waals surface area (Å²) in [5, 5.41) is 0.686. The van der Waals surface area contributed by atoms with Crippen molar-refractivity contribution < 1.29 is 4.79 Å². The molecule has 88 valence electrons. The summed E-state index contributed by atoms with van der Waals surface area (Å²) in [6.45, 7) is 3.93. The van der Waals surface area contributed by atoms with Gasteiger partial charge in [-0.3, -0.25) is 9.59 Å². The molecule has 5 heteroatoms. The molecular formula is C11H15BrN2O2. The van der Waals surface area contributed by atoms with Crippen LogP contribution in [0.1, 0.15) is 24.2 Å². The number of hydrogen-bond acceptors (Lipinski definition) is 2. The second kappa shape index (κ2) is 4.82. The van der Waals surface area contributed by atoms with Crippen LogP contribution < -0.4 is 5.56 Å². The number of alkyl halides is 1. The molecule has 0 aliphatic rings. The number of halogens is 1. The highest BCUT2D eigenvalue weighted by atomic mass is 79.9. The zero-order valence-corrected chi connectivity index (χ0v) is 11.2. The van der Waals surface area contributed by atoms with Gasteiger partial charge in [0, 0.05) is 30.2 Å². The molecule has 0 aliphatic heterocycles. The Kier molecular flexibility index (Phi) is 3.91. The van der Waals surface area contributed by atoms with Gasteiger partial charge in [-0.15, -0.1) is 0 Å². The smallest absolute Gasteiger partial charge is 0.255 e. The van der Waals surface area contributed by atoms with Gasteiger partial charge in [-0.2, -0.15) is 0 Å². The number of rotatable bonds is 3. The molecule has 0 saturated carbocycles. The van der Waals surface area contributed by atoms with Gasteiger partial charge in [-0.25, -0.2) is 0 Å². The molecule has 4 nitrogen and oxygen atoms in total. The number of nitrogens with zero attached hydrogens (tertiary/aromatic N) is 1. The Hall–Kier alpha value is -1.10. The van der Waals surface area contributed by atoms with Gasteiger partial charge in [-0.05, 0) is 19.9 Å². The number of pyridine rings is 1. The highest BCUT2D eigenvalue weighted by Crippen LogP contribution is 2.17. The van der Waals surface area contributed by atoms with E-state index in [1.807, 2.05) is 13.8 Å². The molecular weight excluding hydrogens is 272 g/mol. The zero-order valence-electron chi connectivity index (χ0n) is 9.58. The van der Waals surface area contributed by atoms with Crippen LogP contribution in [0, 0.1) is 0 Å². The largest absolute Gasteiger partial charge is 0.336 e. The third-order valence-corrected chi connectivity index (χ3v) is 3.94. The summed E-state index contributed by atoms with van der Waals surface area (Å²) in [5.74, 6) is -0.110. The number of aromatic nitrogens is 1. The fourth-order valence-corrected chi connectivity index (χ4v) is 1.48. The van der Waals surface area contributed by atoms with Crippen LogP contribution in [0.3, 0.4) is 0 Å². The van der Waals surface area contributed by atoms with Crippen LogP contribution in [-0.2, 0) is 0 Å². The van der Waals surface area contributed by atoms with E-state index in [2.05, 4.69) is 20.9 Å². The van der Waals surface area contributed by atoms with E-state index in [1.54, 1.807) is 11.9 Å². The highest BCUT2D eigenvalue weighted by molar-refractivity contribution is 9.09. The summed E-state index contributed by atoms with van der Waals surface area (Å²) < 4.78 is 0. The van der Waals surface area contributed by atoms with Crippen molar-refractivity contribution in [2.75, 3.05) is 12.4 Å². The third kappa shape index (κ3) is 2.72. The Morgan fingerprint density at radius 1 is 1.50 bits per heavy atom. The van der Waals surface area contributed by atoms with Gasteiger partial charge in [0.25, 0.3) is 5.91 Å². The van der Waals surface area contributed by atoms with Crippen molar-refractivity contribution in [3.05, 3.63) is 34.2 Å². The number of hydrogen-bond donors (Lipinski definition) is 1. The molecule has 1 heterocycles. The molecule has 0 fully saturated rings. The SMILES string of the molecule is CN(C(=O)c1ccc(=O)[nH]c1)C(C)(C)CBr. The minimum absolute atomic E-state index is 0.110. The van der Waals surface area contributed by atoms with Gasteiger partial charge >= 0.3 is 0 Å². The van der Waals surface area contributed by atoms with Crippen molar-refractivity contribution in [1.29, 1.82) is 0 Å². The second-order valence-electron chi connectivity index (χ2n) is 4.25. The van der Waals surface area contributed by atoms with Gasteiger partial charge in [-0.1, -0.05) is 15.9 Å². The summed E-state index contributed by atoms with van der Waals surface area (Å²) in [5.41, 5.74) is 0.00261. The first-order valence-corrected chi connectivity index (χ1v) is 6.03. The maximum atomic E-state index is 12.0. The Morgan fingerprint density at radius 2 is 2.12 bits per heavy atom. The average molecular weight is 287 g/mol. The highest BCUT2D eigenvalue weighted by Gasteiger charge is 2.27. The van der Waals surface area contributed by atoms with E-state index in [9.17, 15) is 9.59 Å². The summed E-state index contributed by atoms with van der Waals surface area (Å²) in [6, 6.07) is 2.88. The fourth-order valence-electron chi connectivity index (χ4n) is 1.10. The Balaban J connectivity index is 2.94. The Labute approximate surface area is 103 Å². The number of amides is 1. The quantitative estimate of drug-likeness (QED) is 0.859. The normalized spacial score (nSPS) is 11.2. The number of carbonyl (C=O) groups excluding carboxylic acids is 1. The first-order valence-electron chi connectivity index (χ1n) is 4.91. The van der Waals surface area contributed by atoms with E-state index < -0.39 is 0 Å². The summed E-state index contributed by atoms with van der Waals surface area (Å²) in [4.78, 5) is 27.1. The van der Waals surface area contributed by atoms with Gasteiger partial charge in [0.05, 0.1) is 5.56 Å². The maximum absolute atomic E-state index is 12.0. The topological polar surface area (TPSA) is 53.2 Å². The molecule has 1 N–H and O–H groups in total. The average Bonchev–Trinajstić information content (AvgIpc) is 2.28. The molecule has 16 heavy (non-hydrogen) atoms. The summed E-state index contributed by atoms with van der Waals surface area (Å²) >= 11 is 3.37. The lowest BCUT2D eigenvalue weighted by atomic mass is 10.1. The van der Waals surface area contributed by atoms with Crippen molar-refractivity contribution >= 4 is 21.8 Å². The molecule has 0 spiro atoms. The molecule has 1 rings (SSSR count). The molecule has 0 bridgehead atoms. The summed E-state index contributed by atoms with van der Waals surface area (Å²) in [7, 11) is 1.74. The van der Waals surface area contributed by atoms with Crippen LogP contribution in [0.4, 0.5) is 0 Å². The molecule has 0 atom stereocenters. The number of nitrogens with one attached hydrogen (secondary N) is 1. The molecule has 0 aromatic carbocycles. The Bertz CT molecular complexity index is 419. The molecule has 0 aliphatic carbocycles.